The van der Waals surface area contributed by atoms with Crippen molar-refractivity contribution in [1.82, 2.24) is 10.3 Å². The predicted octanol–water partition coefficient (Wildman–Crippen LogP) is 3.91. The lowest BCUT2D eigenvalue weighted by Gasteiger charge is -2.28. The zero-order valence-corrected chi connectivity index (χ0v) is 15.5. The summed E-state index contributed by atoms with van der Waals surface area (Å²) in [6, 6.07) is 15.4. The van der Waals surface area contributed by atoms with Crippen molar-refractivity contribution in [2.24, 2.45) is 0 Å². The minimum absolute atomic E-state index is 0.0534. The molecule has 5 rings (SSSR count). The van der Waals surface area contributed by atoms with E-state index >= 15 is 0 Å². The molecule has 1 aliphatic carbocycles. The molecule has 0 spiro atoms. The molecule has 0 saturated carbocycles. The van der Waals surface area contributed by atoms with Gasteiger partial charge in [-0.05, 0) is 18.6 Å². The normalized spacial score (nSPS) is 18.2. The van der Waals surface area contributed by atoms with Gasteiger partial charge in [0.25, 0.3) is 0 Å². The van der Waals surface area contributed by atoms with Gasteiger partial charge in [-0.1, -0.05) is 42.5 Å². The van der Waals surface area contributed by atoms with Crippen molar-refractivity contribution in [1.29, 1.82) is 0 Å². The molecule has 0 radical (unpaired) electrons. The lowest BCUT2D eigenvalue weighted by molar-refractivity contribution is -0.136. The Balaban J connectivity index is 1.80. The summed E-state index contributed by atoms with van der Waals surface area (Å²) in [5.74, 6) is -0.988. The van der Waals surface area contributed by atoms with Crippen molar-refractivity contribution in [2.75, 3.05) is 7.11 Å². The number of Topliss-reactive ketones (excluding diaryl/α,β-unsaturated/α-hetero) is 1. The van der Waals surface area contributed by atoms with Crippen LogP contribution in [-0.2, 0) is 9.53 Å². The zero-order chi connectivity index (χ0) is 19.4. The van der Waals surface area contributed by atoms with Crippen molar-refractivity contribution < 1.29 is 14.3 Å². The van der Waals surface area contributed by atoms with Gasteiger partial charge < -0.3 is 15.0 Å². The van der Waals surface area contributed by atoms with E-state index in [1.54, 1.807) is 0 Å². The molecule has 5 heteroatoms. The van der Waals surface area contributed by atoms with Gasteiger partial charge in [0.1, 0.15) is 0 Å². The fraction of sp³-hybridized carbons (Fsp3) is 0.130. The molecule has 2 N–H and O–H groups in total. The van der Waals surface area contributed by atoms with E-state index in [2.05, 4.69) is 10.3 Å². The molecule has 28 heavy (non-hydrogen) atoms. The van der Waals surface area contributed by atoms with E-state index in [4.69, 9.17) is 4.74 Å². The van der Waals surface area contributed by atoms with Crippen LogP contribution in [0.1, 0.15) is 34.3 Å². The number of fused-ring (bicyclic) bond motifs is 3. The van der Waals surface area contributed by atoms with Crippen LogP contribution in [0.5, 0.6) is 0 Å². The number of nitrogens with one attached hydrogen (secondary N) is 2. The number of hydrogen-bond acceptors (Lipinski definition) is 4. The first kappa shape index (κ1) is 16.6. The first-order chi connectivity index (χ1) is 13.6. The molecule has 0 fully saturated rings. The maximum atomic E-state index is 13.4. The topological polar surface area (TPSA) is 71.2 Å². The third-order valence-corrected chi connectivity index (χ3v) is 5.59. The molecular formula is C23H18N2O3. The van der Waals surface area contributed by atoms with Gasteiger partial charge in [0.15, 0.2) is 5.78 Å². The van der Waals surface area contributed by atoms with Crippen molar-refractivity contribution in [3.63, 3.8) is 0 Å². The number of esters is 1. The van der Waals surface area contributed by atoms with Crippen LogP contribution in [-0.4, -0.2) is 23.8 Å². The molecule has 2 aromatic carbocycles. The second kappa shape index (κ2) is 5.96. The highest BCUT2D eigenvalue weighted by atomic mass is 16.5. The number of H-pyrrole nitrogens is 1. The molecule has 0 amide bonds. The number of dihydropyridines is 1. The Labute approximate surface area is 161 Å². The van der Waals surface area contributed by atoms with E-state index in [9.17, 15) is 9.59 Å². The summed E-state index contributed by atoms with van der Waals surface area (Å²) in [6.07, 6.45) is 1.89. The Kier molecular flexibility index (Phi) is 3.52. The number of rotatable bonds is 2. The molecule has 0 bridgehead atoms. The zero-order valence-electron chi connectivity index (χ0n) is 15.5. The first-order valence-corrected chi connectivity index (χ1v) is 9.12. The summed E-state index contributed by atoms with van der Waals surface area (Å²) in [5, 5.41) is 4.28. The van der Waals surface area contributed by atoms with Gasteiger partial charge in [-0.25, -0.2) is 4.79 Å². The summed E-state index contributed by atoms with van der Waals surface area (Å²) in [4.78, 5) is 29.3. The number of allylic oxidation sites excluding steroid dienone is 2. The Bertz CT molecular complexity index is 1230. The molecule has 138 valence electrons. The number of hydrogen-bond donors (Lipinski definition) is 2. The van der Waals surface area contributed by atoms with Crippen LogP contribution >= 0.6 is 0 Å². The lowest BCUT2D eigenvalue weighted by Crippen LogP contribution is -2.28. The number of methoxy groups -OCH3 is 1. The molecule has 5 nitrogen and oxygen atoms in total. The van der Waals surface area contributed by atoms with Crippen molar-refractivity contribution in [3.8, 4) is 0 Å². The molecule has 1 aromatic heterocycles. The summed E-state index contributed by atoms with van der Waals surface area (Å²) in [5.41, 5.74) is 5.92. The molecule has 2 aliphatic rings. The lowest BCUT2D eigenvalue weighted by atomic mass is 9.79. The van der Waals surface area contributed by atoms with Crippen molar-refractivity contribution >= 4 is 28.4 Å². The number of para-hydroxylation sites is 1. The highest BCUT2D eigenvalue weighted by Crippen LogP contribution is 2.48. The number of aromatic nitrogens is 1. The Morgan fingerprint density at radius 2 is 1.75 bits per heavy atom. The highest BCUT2D eigenvalue weighted by Gasteiger charge is 2.43. The fourth-order valence-electron chi connectivity index (χ4n) is 4.35. The SMILES string of the molecule is COC(=O)C1=C(C)NC2=C(C(=O)c3ccccc32)[C@H]1c1c[nH]c2ccccc12. The van der Waals surface area contributed by atoms with Gasteiger partial charge in [-0.3, -0.25) is 4.79 Å². The van der Waals surface area contributed by atoms with E-state index in [1.165, 1.54) is 7.11 Å². The third kappa shape index (κ3) is 2.13. The molecule has 3 aromatic rings. The van der Waals surface area contributed by atoms with Gasteiger partial charge in [-0.15, -0.1) is 0 Å². The maximum Gasteiger partial charge on any atom is 0.336 e. The molecule has 0 saturated heterocycles. The van der Waals surface area contributed by atoms with Gasteiger partial charge in [0.05, 0.1) is 24.3 Å². The second-order valence-electron chi connectivity index (χ2n) is 7.04. The van der Waals surface area contributed by atoms with Crippen LogP contribution < -0.4 is 5.32 Å². The monoisotopic (exact) mass is 370 g/mol. The Morgan fingerprint density at radius 1 is 1.04 bits per heavy atom. The van der Waals surface area contributed by atoms with Crippen LogP contribution in [0.2, 0.25) is 0 Å². The Morgan fingerprint density at radius 3 is 2.54 bits per heavy atom. The fourth-order valence-corrected chi connectivity index (χ4v) is 4.35. The average molecular weight is 370 g/mol. The third-order valence-electron chi connectivity index (χ3n) is 5.59. The smallest absolute Gasteiger partial charge is 0.336 e. The minimum atomic E-state index is -0.500. The van der Waals surface area contributed by atoms with Gasteiger partial charge in [0, 0.05) is 39.5 Å². The Hall–Kier alpha value is -3.60. The number of ketones is 1. The average Bonchev–Trinajstić information content (AvgIpc) is 3.27. The van der Waals surface area contributed by atoms with Crippen LogP contribution in [0.3, 0.4) is 0 Å². The second-order valence-corrected chi connectivity index (χ2v) is 7.04. The molecule has 0 unspecified atom stereocenters. The van der Waals surface area contributed by atoms with Crippen LogP contribution in [0.25, 0.3) is 16.6 Å². The summed E-state index contributed by atoms with van der Waals surface area (Å²) in [6.45, 7) is 1.85. The summed E-state index contributed by atoms with van der Waals surface area (Å²) >= 11 is 0. The van der Waals surface area contributed by atoms with E-state index in [-0.39, 0.29) is 5.78 Å². The maximum absolute atomic E-state index is 13.4. The largest absolute Gasteiger partial charge is 0.466 e. The number of carbonyl (C=O) groups excluding carboxylic acids is 2. The quantitative estimate of drug-likeness (QED) is 0.671. The molecular weight excluding hydrogens is 352 g/mol. The van der Waals surface area contributed by atoms with Crippen LogP contribution in [0, 0.1) is 0 Å². The van der Waals surface area contributed by atoms with Gasteiger partial charge in [0.2, 0.25) is 0 Å². The number of carbonyl (C=O) groups is 2. The molecule has 1 atom stereocenters. The van der Waals surface area contributed by atoms with Gasteiger partial charge >= 0.3 is 5.97 Å². The molecule has 1 aliphatic heterocycles. The van der Waals surface area contributed by atoms with Crippen molar-refractivity contribution in [3.05, 3.63) is 88.3 Å². The van der Waals surface area contributed by atoms with E-state index in [1.807, 2.05) is 61.7 Å². The summed E-state index contributed by atoms with van der Waals surface area (Å²) in [7, 11) is 1.37. The summed E-state index contributed by atoms with van der Waals surface area (Å²) < 4.78 is 5.08. The van der Waals surface area contributed by atoms with Crippen LogP contribution in [0.15, 0.2) is 71.6 Å². The standard InChI is InChI=1S/C23H18N2O3/c1-12-18(23(27)28-2)19(16-11-24-17-10-6-5-7-13(16)17)20-21(25-12)14-8-3-4-9-15(14)22(20)26/h3-11,19,24-25H,1-2H3/t19-/m0/s1. The van der Waals surface area contributed by atoms with Crippen molar-refractivity contribution in [2.45, 2.75) is 12.8 Å². The first-order valence-electron chi connectivity index (χ1n) is 9.12. The van der Waals surface area contributed by atoms with E-state index in [0.29, 0.717) is 22.4 Å². The minimum Gasteiger partial charge on any atom is -0.466 e. The van der Waals surface area contributed by atoms with Crippen LogP contribution in [0.4, 0.5) is 0 Å². The number of benzene rings is 2. The number of aromatic amines is 1. The van der Waals surface area contributed by atoms with Gasteiger partial charge in [-0.2, -0.15) is 0 Å². The predicted molar refractivity (Wildman–Crippen MR) is 107 cm³/mol. The van der Waals surface area contributed by atoms with E-state index in [0.717, 1.165) is 27.7 Å². The molecule has 2 heterocycles. The number of ether oxygens (including phenoxy) is 1. The van der Waals surface area contributed by atoms with E-state index < -0.39 is 11.9 Å². The highest BCUT2D eigenvalue weighted by molar-refractivity contribution is 6.23.